The van der Waals surface area contributed by atoms with Crippen molar-refractivity contribution in [1.29, 1.82) is 0 Å². The first-order chi connectivity index (χ1) is 7.95. The van der Waals surface area contributed by atoms with Gasteiger partial charge in [-0.05, 0) is 0 Å². The molecule has 0 aliphatic rings. The van der Waals surface area contributed by atoms with E-state index in [4.69, 9.17) is 30.8 Å². The molecule has 112 valence electrons. The molecular weight excluding hydrogens is 297 g/mol. The summed E-state index contributed by atoms with van der Waals surface area (Å²) in [6, 6.07) is 0. The molecule has 0 aromatic carbocycles. The van der Waals surface area contributed by atoms with Gasteiger partial charge in [0.05, 0.1) is 32.5 Å². The van der Waals surface area contributed by atoms with Crippen molar-refractivity contribution >= 4 is 18.2 Å². The van der Waals surface area contributed by atoms with Crippen LogP contribution >= 0.6 is 7.82 Å². The molecule has 13 heteroatoms. The molecule has 0 aromatic heterocycles. The predicted octanol–water partition coefficient (Wildman–Crippen LogP) is -3.35. The summed E-state index contributed by atoms with van der Waals surface area (Å²) in [6.45, 7) is -1.21. The van der Waals surface area contributed by atoms with Gasteiger partial charge in [0.1, 0.15) is 0 Å². The fraction of sp³-hybridized carbons (Fsp3) is 1.00. The third kappa shape index (κ3) is 11.0. The monoisotopic (exact) mass is 313 g/mol. The molecule has 0 aliphatic carbocycles. The molecule has 0 unspecified atom stereocenters. The number of hydrogen-bond donors (Lipinski definition) is 6. The van der Waals surface area contributed by atoms with Crippen LogP contribution in [0.5, 0.6) is 0 Å². The van der Waals surface area contributed by atoms with Crippen LogP contribution < -0.4 is 5.73 Å². The minimum absolute atomic E-state index is 0.403. The van der Waals surface area contributed by atoms with E-state index in [1.165, 1.54) is 0 Å². The van der Waals surface area contributed by atoms with Crippen molar-refractivity contribution in [2.24, 2.45) is 5.73 Å². The first-order valence-electron chi connectivity index (χ1n) is 4.14. The van der Waals surface area contributed by atoms with Crippen LogP contribution in [0, 0.1) is 0 Å². The minimum Gasteiger partial charge on any atom is -0.394 e. The summed E-state index contributed by atoms with van der Waals surface area (Å²) >= 11 is 0. The summed E-state index contributed by atoms with van der Waals surface area (Å²) in [5.74, 6) is 0. The van der Waals surface area contributed by atoms with E-state index in [1.54, 1.807) is 0 Å². The summed E-state index contributed by atoms with van der Waals surface area (Å²) in [7, 11) is -8.84. The zero-order chi connectivity index (χ0) is 15.0. The van der Waals surface area contributed by atoms with Gasteiger partial charge in [-0.15, -0.1) is 3.97 Å². The van der Waals surface area contributed by atoms with Crippen LogP contribution in [-0.2, 0) is 23.1 Å². The van der Waals surface area contributed by atoms with E-state index in [0.29, 0.717) is 7.11 Å². The Kier molecular flexibility index (Phi) is 9.10. The lowest BCUT2D eigenvalue weighted by atomic mass is 10.1. The van der Waals surface area contributed by atoms with E-state index in [9.17, 15) is 13.0 Å². The summed E-state index contributed by atoms with van der Waals surface area (Å²) in [5, 5.41) is 25.0. The maximum Gasteiger partial charge on any atom is 0.486 e. The van der Waals surface area contributed by atoms with Gasteiger partial charge in [0.25, 0.3) is 0 Å². The first kappa shape index (κ1) is 20.2. The second kappa shape index (κ2) is 8.12. The normalized spacial score (nSPS) is 12.8. The van der Waals surface area contributed by atoms with Gasteiger partial charge in [0.15, 0.2) is 0 Å². The van der Waals surface area contributed by atoms with Gasteiger partial charge in [0, 0.05) is 0 Å². The summed E-state index contributed by atoms with van der Waals surface area (Å²) in [5.41, 5.74) is 3.94. The Labute approximate surface area is 103 Å². The van der Waals surface area contributed by atoms with Crippen molar-refractivity contribution in [1.82, 2.24) is 0 Å². The topological polar surface area (TPSA) is 197 Å². The Morgan fingerprint density at radius 1 is 1.17 bits per heavy atom. The minimum atomic E-state index is -5.02. The molecule has 0 aromatic rings. The Balaban J connectivity index is 0. The van der Waals surface area contributed by atoms with Crippen LogP contribution in [0.3, 0.4) is 0 Å². The quantitative estimate of drug-likeness (QED) is 0.268. The molecule has 0 aliphatic heterocycles. The van der Waals surface area contributed by atoms with Gasteiger partial charge < -0.3 is 30.8 Å². The standard InChI is InChI=1S/C4H11NO3.CH5O7PS/c5-4(1-6,2-7)3-8;1-7-10(5,6)8-9(2,3)4/h6-8H,1-3,5H2;1H3,(H2,2,3,4). The molecule has 18 heavy (non-hydrogen) atoms. The van der Waals surface area contributed by atoms with Gasteiger partial charge in [-0.2, -0.15) is 8.42 Å². The number of rotatable bonds is 6. The average Bonchev–Trinajstić information content (AvgIpc) is 2.26. The number of phosphoric acid groups is 1. The van der Waals surface area contributed by atoms with E-state index in [2.05, 4.69) is 8.15 Å². The van der Waals surface area contributed by atoms with Crippen molar-refractivity contribution in [2.75, 3.05) is 26.9 Å². The molecule has 0 rings (SSSR count). The van der Waals surface area contributed by atoms with Gasteiger partial charge >= 0.3 is 18.2 Å². The lowest BCUT2D eigenvalue weighted by molar-refractivity contribution is 0.0697. The van der Waals surface area contributed by atoms with Crippen LogP contribution in [0.1, 0.15) is 0 Å². The fourth-order valence-electron chi connectivity index (χ4n) is 0.299. The molecule has 11 nitrogen and oxygen atoms in total. The van der Waals surface area contributed by atoms with Crippen LogP contribution in [0.4, 0.5) is 0 Å². The summed E-state index contributed by atoms with van der Waals surface area (Å²) in [4.78, 5) is 15.8. The second-order valence-electron chi connectivity index (χ2n) is 2.98. The van der Waals surface area contributed by atoms with Crippen molar-refractivity contribution in [2.45, 2.75) is 5.54 Å². The maximum absolute atomic E-state index is 10.1. The molecule has 0 atom stereocenters. The highest BCUT2D eigenvalue weighted by molar-refractivity contribution is 7.86. The zero-order valence-corrected chi connectivity index (χ0v) is 11.0. The van der Waals surface area contributed by atoms with E-state index < -0.39 is 43.6 Å². The highest BCUT2D eigenvalue weighted by atomic mass is 32.3. The lowest BCUT2D eigenvalue weighted by Crippen LogP contribution is -2.50. The van der Waals surface area contributed by atoms with Crippen LogP contribution in [0.2, 0.25) is 0 Å². The summed E-state index contributed by atoms with van der Waals surface area (Å²) in [6.07, 6.45) is 0. The SMILES string of the molecule is COS(=O)(=O)OP(=O)(O)O.NC(CO)(CO)CO. The van der Waals surface area contributed by atoms with Crippen LogP contribution in [0.15, 0.2) is 0 Å². The van der Waals surface area contributed by atoms with Gasteiger partial charge in [-0.25, -0.2) is 4.57 Å². The average molecular weight is 313 g/mol. The van der Waals surface area contributed by atoms with Crippen LogP contribution in [0.25, 0.3) is 0 Å². The summed E-state index contributed by atoms with van der Waals surface area (Å²) < 4.78 is 36.7. The van der Waals surface area contributed by atoms with Gasteiger partial charge in [-0.3, -0.25) is 4.18 Å². The molecule has 0 heterocycles. The zero-order valence-electron chi connectivity index (χ0n) is 9.33. The fourth-order valence-corrected chi connectivity index (χ4v) is 1.49. The number of aliphatic hydroxyl groups excluding tert-OH is 3. The van der Waals surface area contributed by atoms with Gasteiger partial charge in [-0.1, -0.05) is 0 Å². The molecule has 0 bridgehead atoms. The smallest absolute Gasteiger partial charge is 0.394 e. The van der Waals surface area contributed by atoms with Crippen molar-refractivity contribution in [3.05, 3.63) is 0 Å². The van der Waals surface area contributed by atoms with Crippen molar-refractivity contribution in [3.63, 3.8) is 0 Å². The van der Waals surface area contributed by atoms with E-state index in [0.717, 1.165) is 0 Å². The largest absolute Gasteiger partial charge is 0.486 e. The second-order valence-corrected chi connectivity index (χ2v) is 5.70. The highest BCUT2D eigenvalue weighted by Crippen LogP contribution is 2.38. The predicted molar refractivity (Wildman–Crippen MR) is 57.2 cm³/mol. The molecule has 0 saturated carbocycles. The van der Waals surface area contributed by atoms with E-state index in [-0.39, 0.29) is 0 Å². The third-order valence-electron chi connectivity index (χ3n) is 1.34. The van der Waals surface area contributed by atoms with E-state index >= 15 is 0 Å². The Hall–Kier alpha value is -0.140. The van der Waals surface area contributed by atoms with Crippen molar-refractivity contribution in [3.8, 4) is 0 Å². The highest BCUT2D eigenvalue weighted by Gasteiger charge is 2.25. The lowest BCUT2D eigenvalue weighted by Gasteiger charge is -2.20. The molecule has 7 N–H and O–H groups in total. The van der Waals surface area contributed by atoms with E-state index in [1.807, 2.05) is 0 Å². The number of hydrogen-bond acceptors (Lipinski definition) is 9. The Morgan fingerprint density at radius 2 is 1.50 bits per heavy atom. The maximum atomic E-state index is 10.1. The Bertz CT molecular complexity index is 350. The molecule has 0 fully saturated rings. The Morgan fingerprint density at radius 3 is 1.56 bits per heavy atom. The molecule has 0 radical (unpaired) electrons. The van der Waals surface area contributed by atoms with Crippen LogP contribution in [-0.4, -0.2) is 66.0 Å². The molecule has 0 saturated heterocycles. The first-order valence-corrected chi connectivity index (χ1v) is 7.00. The molecule has 0 spiro atoms. The van der Waals surface area contributed by atoms with Gasteiger partial charge in [0.2, 0.25) is 0 Å². The number of aliphatic hydroxyl groups is 3. The number of nitrogens with two attached hydrogens (primary N) is 1. The molecular formula is C5H16NO10PS. The molecule has 0 amide bonds. The third-order valence-corrected chi connectivity index (χ3v) is 3.25. The van der Waals surface area contributed by atoms with Crippen molar-refractivity contribution < 1.29 is 46.2 Å².